The molecule has 124 valence electrons. The van der Waals surface area contributed by atoms with E-state index in [1.54, 1.807) is 0 Å². The highest BCUT2D eigenvalue weighted by atomic mass is 79.9. The summed E-state index contributed by atoms with van der Waals surface area (Å²) in [6.45, 7) is 6.57. The topological polar surface area (TPSA) is 17.1 Å². The number of halogens is 1. The number of carbonyl (C=O) groups excluding carboxylic acids is 1. The molecule has 0 saturated heterocycles. The molecular weight excluding hydrogens is 360 g/mol. The van der Waals surface area contributed by atoms with Gasteiger partial charge in [0.05, 0.1) is 0 Å². The summed E-state index contributed by atoms with van der Waals surface area (Å²) in [4.78, 5) is 13.2. The van der Waals surface area contributed by atoms with Crippen LogP contribution in [0, 0.1) is 0 Å². The summed E-state index contributed by atoms with van der Waals surface area (Å²) in [5.41, 5.74) is 4.03. The zero-order valence-electron chi connectivity index (χ0n) is 14.5. The molecule has 0 aliphatic heterocycles. The first-order valence-electron chi connectivity index (χ1n) is 8.56. The predicted octanol–water partition coefficient (Wildman–Crippen LogP) is 6.43. The maximum Gasteiger partial charge on any atom is 0.189 e. The first-order valence-corrected chi connectivity index (χ1v) is 9.35. The van der Waals surface area contributed by atoms with Crippen molar-refractivity contribution < 1.29 is 4.79 Å². The van der Waals surface area contributed by atoms with Gasteiger partial charge in [-0.25, -0.2) is 0 Å². The van der Waals surface area contributed by atoms with Crippen molar-refractivity contribution in [3.8, 4) is 0 Å². The van der Waals surface area contributed by atoms with Crippen molar-refractivity contribution in [3.05, 3.63) is 81.3 Å². The second-order valence-corrected chi connectivity index (χ2v) is 8.00. The average Bonchev–Trinajstić information content (AvgIpc) is 2.57. The summed E-state index contributed by atoms with van der Waals surface area (Å²) in [6, 6.07) is 16.4. The van der Waals surface area contributed by atoms with E-state index in [1.807, 2.05) is 18.2 Å². The fraction of sp³-hybridized carbons (Fsp3) is 0.318. The number of carbonyl (C=O) groups is 1. The van der Waals surface area contributed by atoms with Crippen molar-refractivity contribution in [3.63, 3.8) is 0 Å². The molecule has 1 aliphatic rings. The van der Waals surface area contributed by atoms with Gasteiger partial charge in [0.1, 0.15) is 0 Å². The Balaban J connectivity index is 2.10. The lowest BCUT2D eigenvalue weighted by molar-refractivity contribution is 0.102. The van der Waals surface area contributed by atoms with E-state index >= 15 is 0 Å². The van der Waals surface area contributed by atoms with Crippen LogP contribution in [-0.2, 0) is 5.41 Å². The molecular formula is C22H23BrO. The van der Waals surface area contributed by atoms with Gasteiger partial charge in [0.15, 0.2) is 5.78 Å². The summed E-state index contributed by atoms with van der Waals surface area (Å²) in [5.74, 6) is 0.342. The predicted molar refractivity (Wildman–Crippen MR) is 104 cm³/mol. The summed E-state index contributed by atoms with van der Waals surface area (Å²) in [5, 5.41) is 0. The molecule has 0 saturated carbocycles. The van der Waals surface area contributed by atoms with Gasteiger partial charge in [-0.1, -0.05) is 85.6 Å². The third-order valence-corrected chi connectivity index (χ3v) is 5.40. The molecule has 0 spiro atoms. The van der Waals surface area contributed by atoms with Gasteiger partial charge in [0.2, 0.25) is 0 Å². The minimum Gasteiger partial charge on any atom is -0.289 e. The van der Waals surface area contributed by atoms with Crippen molar-refractivity contribution >= 4 is 21.7 Å². The summed E-state index contributed by atoms with van der Waals surface area (Å²) in [6.07, 6.45) is 4.23. The van der Waals surface area contributed by atoms with E-state index in [1.165, 1.54) is 5.56 Å². The van der Waals surface area contributed by atoms with Crippen LogP contribution in [-0.4, -0.2) is 5.78 Å². The van der Waals surface area contributed by atoms with E-state index in [4.69, 9.17) is 0 Å². The third-order valence-electron chi connectivity index (χ3n) is 4.87. The highest BCUT2D eigenvalue weighted by Gasteiger charge is 2.34. The second kappa shape index (κ2) is 6.68. The molecule has 2 aromatic carbocycles. The fourth-order valence-corrected chi connectivity index (χ4v) is 3.94. The molecule has 1 atom stereocenters. The molecule has 0 N–H and O–H groups in total. The maximum atomic E-state index is 13.2. The number of Topliss-reactive ketones (excluding diaryl/α,β-unsaturated/α-hetero) is 1. The smallest absolute Gasteiger partial charge is 0.189 e. The van der Waals surface area contributed by atoms with Crippen LogP contribution in [0.1, 0.15) is 61.0 Å². The molecule has 0 fully saturated rings. The Hall–Kier alpha value is -1.67. The van der Waals surface area contributed by atoms with Gasteiger partial charge in [0, 0.05) is 26.9 Å². The monoisotopic (exact) mass is 382 g/mol. The summed E-state index contributed by atoms with van der Waals surface area (Å²) in [7, 11) is 0. The number of hydrogen-bond donors (Lipinski definition) is 0. The van der Waals surface area contributed by atoms with Crippen LogP contribution in [0.3, 0.4) is 0 Å². The van der Waals surface area contributed by atoms with E-state index < -0.39 is 0 Å². The molecule has 2 heteroatoms. The maximum absolute atomic E-state index is 13.2. The van der Waals surface area contributed by atoms with E-state index in [0.29, 0.717) is 0 Å². The van der Waals surface area contributed by atoms with Gasteiger partial charge >= 0.3 is 0 Å². The molecule has 24 heavy (non-hydrogen) atoms. The summed E-state index contributed by atoms with van der Waals surface area (Å²) < 4.78 is 1.07. The van der Waals surface area contributed by atoms with Crippen LogP contribution >= 0.6 is 15.9 Å². The molecule has 0 radical (unpaired) electrons. The Morgan fingerprint density at radius 3 is 2.38 bits per heavy atom. The highest BCUT2D eigenvalue weighted by molar-refractivity contribution is 9.10. The number of benzene rings is 2. The van der Waals surface area contributed by atoms with E-state index in [-0.39, 0.29) is 17.1 Å². The Labute approximate surface area is 152 Å². The Morgan fingerprint density at radius 1 is 1.04 bits per heavy atom. The SMILES string of the molecule is CCC[C@@H](C1=CC(C)(C)c2ccccc2C1=O)c1ccc(Br)cc1. The van der Waals surface area contributed by atoms with E-state index in [0.717, 1.165) is 34.0 Å². The standard InChI is InChI=1S/C22H23BrO/c1-4-7-17(15-10-12-16(23)13-11-15)19-14-22(2,3)20-9-6-5-8-18(20)21(19)24/h5-6,8-14,17H,4,7H2,1-3H3/t17-/m1/s1. The van der Waals surface area contributed by atoms with Crippen LogP contribution in [0.15, 0.2) is 64.7 Å². The number of ketones is 1. The molecule has 0 aromatic heterocycles. The molecule has 2 aromatic rings. The fourth-order valence-electron chi connectivity index (χ4n) is 3.67. The number of fused-ring (bicyclic) bond motifs is 1. The second-order valence-electron chi connectivity index (χ2n) is 7.09. The molecule has 0 bridgehead atoms. The van der Waals surface area contributed by atoms with Crippen LogP contribution in [0.5, 0.6) is 0 Å². The first-order chi connectivity index (χ1) is 11.4. The Morgan fingerprint density at radius 2 is 1.71 bits per heavy atom. The Bertz CT molecular complexity index is 784. The lowest BCUT2D eigenvalue weighted by Gasteiger charge is -2.33. The minimum absolute atomic E-state index is 0.124. The van der Waals surface area contributed by atoms with Gasteiger partial charge in [-0.15, -0.1) is 0 Å². The molecule has 3 rings (SSSR count). The van der Waals surface area contributed by atoms with Crippen molar-refractivity contribution in [2.45, 2.75) is 44.9 Å². The van der Waals surface area contributed by atoms with Crippen molar-refractivity contribution in [1.82, 2.24) is 0 Å². The molecule has 1 nitrogen and oxygen atoms in total. The molecule has 1 aliphatic carbocycles. The molecule has 0 unspecified atom stereocenters. The van der Waals surface area contributed by atoms with E-state index in [9.17, 15) is 4.79 Å². The van der Waals surface area contributed by atoms with Crippen LogP contribution < -0.4 is 0 Å². The zero-order chi connectivity index (χ0) is 17.3. The highest BCUT2D eigenvalue weighted by Crippen LogP contribution is 2.41. The molecule has 0 heterocycles. The summed E-state index contributed by atoms with van der Waals surface area (Å²) >= 11 is 3.50. The van der Waals surface area contributed by atoms with Gasteiger partial charge in [-0.05, 0) is 29.7 Å². The number of hydrogen-bond acceptors (Lipinski definition) is 1. The van der Waals surface area contributed by atoms with Crippen molar-refractivity contribution in [2.75, 3.05) is 0 Å². The average molecular weight is 383 g/mol. The third kappa shape index (κ3) is 3.12. The zero-order valence-corrected chi connectivity index (χ0v) is 16.1. The lowest BCUT2D eigenvalue weighted by atomic mass is 9.70. The van der Waals surface area contributed by atoms with Crippen LogP contribution in [0.2, 0.25) is 0 Å². The quantitative estimate of drug-likeness (QED) is 0.594. The van der Waals surface area contributed by atoms with Gasteiger partial charge < -0.3 is 0 Å². The number of rotatable bonds is 4. The van der Waals surface area contributed by atoms with Gasteiger partial charge in [-0.3, -0.25) is 4.79 Å². The first kappa shape index (κ1) is 17.2. The van der Waals surface area contributed by atoms with Crippen LogP contribution in [0.25, 0.3) is 0 Å². The Kier molecular flexibility index (Phi) is 4.78. The van der Waals surface area contributed by atoms with Crippen LogP contribution in [0.4, 0.5) is 0 Å². The largest absolute Gasteiger partial charge is 0.289 e. The molecule has 0 amide bonds. The minimum atomic E-state index is -0.124. The van der Waals surface area contributed by atoms with E-state index in [2.05, 4.69) is 73.1 Å². The number of allylic oxidation sites excluding steroid dienone is 2. The van der Waals surface area contributed by atoms with Crippen molar-refractivity contribution in [1.29, 1.82) is 0 Å². The lowest BCUT2D eigenvalue weighted by Crippen LogP contribution is -2.28. The van der Waals surface area contributed by atoms with Gasteiger partial charge in [-0.2, -0.15) is 0 Å². The van der Waals surface area contributed by atoms with Crippen molar-refractivity contribution in [2.24, 2.45) is 0 Å². The normalized spacial score (nSPS) is 17.2. The van der Waals surface area contributed by atoms with Gasteiger partial charge in [0.25, 0.3) is 0 Å².